The van der Waals surface area contributed by atoms with E-state index < -0.39 is 0 Å². The maximum absolute atomic E-state index is 9.77. The van der Waals surface area contributed by atoms with Crippen molar-refractivity contribution in [1.82, 2.24) is 19.6 Å². The molecule has 6 nitrogen and oxygen atoms in total. The van der Waals surface area contributed by atoms with E-state index in [-0.39, 0.29) is 5.75 Å². The van der Waals surface area contributed by atoms with E-state index in [1.54, 1.807) is 18.3 Å². The maximum atomic E-state index is 9.77. The largest absolute Gasteiger partial charge is 0.508 e. The van der Waals surface area contributed by atoms with Crippen LogP contribution in [0.1, 0.15) is 18.3 Å². The van der Waals surface area contributed by atoms with Crippen molar-refractivity contribution in [3.63, 3.8) is 0 Å². The Morgan fingerprint density at radius 1 is 1.24 bits per heavy atom. The number of aryl methyl sites for hydroxylation is 2. The minimum atomic E-state index is 0.235. The third-order valence-corrected chi connectivity index (χ3v) is 3.53. The van der Waals surface area contributed by atoms with Crippen LogP contribution in [-0.4, -0.2) is 31.2 Å². The second-order valence-corrected chi connectivity index (χ2v) is 4.91. The molecule has 1 N–H and O–H groups in total. The molecule has 3 rings (SSSR count). The lowest BCUT2D eigenvalue weighted by Crippen LogP contribution is -2.19. The molecule has 0 unspecified atom stereocenters. The number of aromatic nitrogens is 4. The van der Waals surface area contributed by atoms with Gasteiger partial charge in [-0.1, -0.05) is 6.07 Å². The van der Waals surface area contributed by atoms with Gasteiger partial charge in [-0.2, -0.15) is 0 Å². The van der Waals surface area contributed by atoms with Gasteiger partial charge in [0.2, 0.25) is 5.65 Å². The van der Waals surface area contributed by atoms with Crippen molar-refractivity contribution < 1.29 is 5.11 Å². The van der Waals surface area contributed by atoms with Crippen molar-refractivity contribution >= 4 is 17.2 Å². The van der Waals surface area contributed by atoms with Crippen LogP contribution in [0, 0.1) is 13.8 Å². The highest BCUT2D eigenvalue weighted by atomic mass is 16.3. The third-order valence-electron chi connectivity index (χ3n) is 3.53. The predicted molar refractivity (Wildman–Crippen MR) is 81.0 cm³/mol. The van der Waals surface area contributed by atoms with Crippen LogP contribution < -0.4 is 4.90 Å². The molecule has 1 aromatic carbocycles. The van der Waals surface area contributed by atoms with Crippen molar-refractivity contribution in [1.29, 1.82) is 0 Å². The molecule has 2 aromatic heterocycles. The zero-order valence-electron chi connectivity index (χ0n) is 12.3. The number of fused-ring (bicyclic) bond motifs is 1. The van der Waals surface area contributed by atoms with Gasteiger partial charge < -0.3 is 10.0 Å². The fraction of sp³-hybridized carbons (Fsp3) is 0.267. The van der Waals surface area contributed by atoms with Crippen LogP contribution in [0.4, 0.5) is 11.5 Å². The summed E-state index contributed by atoms with van der Waals surface area (Å²) in [5, 5.41) is 18.1. The van der Waals surface area contributed by atoms with Gasteiger partial charge in [0, 0.05) is 30.7 Å². The Morgan fingerprint density at radius 2 is 2.05 bits per heavy atom. The van der Waals surface area contributed by atoms with Crippen molar-refractivity contribution in [2.24, 2.45) is 0 Å². The topological polar surface area (TPSA) is 66.5 Å². The molecule has 0 atom stereocenters. The van der Waals surface area contributed by atoms with Crippen LogP contribution in [-0.2, 0) is 0 Å². The van der Waals surface area contributed by atoms with Gasteiger partial charge in [0.1, 0.15) is 11.6 Å². The number of aromatic hydroxyl groups is 1. The molecular weight excluding hydrogens is 266 g/mol. The van der Waals surface area contributed by atoms with Crippen LogP contribution in [0.15, 0.2) is 30.6 Å². The molecule has 3 aromatic rings. The first-order chi connectivity index (χ1) is 10.1. The van der Waals surface area contributed by atoms with Crippen molar-refractivity contribution in [2.45, 2.75) is 20.8 Å². The van der Waals surface area contributed by atoms with Gasteiger partial charge in [-0.15, -0.1) is 10.2 Å². The van der Waals surface area contributed by atoms with Crippen molar-refractivity contribution in [3.05, 3.63) is 42.0 Å². The summed E-state index contributed by atoms with van der Waals surface area (Å²) < 4.78 is 1.91. The smallest absolute Gasteiger partial charge is 0.204 e. The van der Waals surface area contributed by atoms with E-state index in [1.807, 2.05) is 42.3 Å². The molecule has 6 heteroatoms. The second-order valence-electron chi connectivity index (χ2n) is 4.91. The van der Waals surface area contributed by atoms with E-state index in [1.165, 1.54) is 0 Å². The molecule has 0 bridgehead atoms. The number of benzene rings is 1. The number of nitrogens with zero attached hydrogens (tertiary/aromatic N) is 5. The zero-order valence-corrected chi connectivity index (χ0v) is 12.3. The minimum absolute atomic E-state index is 0.235. The van der Waals surface area contributed by atoms with E-state index in [2.05, 4.69) is 15.2 Å². The van der Waals surface area contributed by atoms with Crippen LogP contribution in [0.5, 0.6) is 5.75 Å². The van der Waals surface area contributed by atoms with E-state index in [9.17, 15) is 5.11 Å². The van der Waals surface area contributed by atoms with Gasteiger partial charge in [0.15, 0.2) is 5.82 Å². The maximum Gasteiger partial charge on any atom is 0.204 e. The molecule has 0 saturated carbocycles. The molecule has 0 radical (unpaired) electrons. The van der Waals surface area contributed by atoms with Crippen LogP contribution in [0.3, 0.4) is 0 Å². The molecule has 0 aliphatic rings. The zero-order chi connectivity index (χ0) is 15.0. The summed E-state index contributed by atoms with van der Waals surface area (Å²) in [6.45, 7) is 6.66. The van der Waals surface area contributed by atoms with Crippen molar-refractivity contribution in [3.8, 4) is 5.75 Å². The van der Waals surface area contributed by atoms with E-state index in [0.29, 0.717) is 12.2 Å². The lowest BCUT2D eigenvalue weighted by atomic mass is 10.1. The average molecular weight is 283 g/mol. The molecule has 0 amide bonds. The Balaban J connectivity index is 2.21. The summed E-state index contributed by atoms with van der Waals surface area (Å²) in [5.41, 5.74) is 2.69. The number of hydrogen-bond acceptors (Lipinski definition) is 5. The molecule has 0 fully saturated rings. The lowest BCUT2D eigenvalue weighted by molar-refractivity contribution is 0.475. The first-order valence-electron chi connectivity index (χ1n) is 6.85. The van der Waals surface area contributed by atoms with Crippen LogP contribution in [0.2, 0.25) is 0 Å². The predicted octanol–water partition coefficient (Wildman–Crippen LogP) is 2.60. The number of anilines is 2. The number of phenolic OH excluding ortho intramolecular Hbond substituents is 1. The molecule has 0 spiro atoms. The summed E-state index contributed by atoms with van der Waals surface area (Å²) in [6.07, 6.45) is 3.58. The Morgan fingerprint density at radius 3 is 2.81 bits per heavy atom. The quantitative estimate of drug-likeness (QED) is 0.800. The molecule has 2 heterocycles. The highest BCUT2D eigenvalue weighted by molar-refractivity contribution is 5.74. The summed E-state index contributed by atoms with van der Waals surface area (Å²) in [5.74, 6) is 1.78. The van der Waals surface area contributed by atoms with Gasteiger partial charge in [-0.25, -0.2) is 4.98 Å². The second kappa shape index (κ2) is 5.05. The highest BCUT2D eigenvalue weighted by Crippen LogP contribution is 2.31. The van der Waals surface area contributed by atoms with Gasteiger partial charge in [-0.05, 0) is 32.4 Å². The fourth-order valence-electron chi connectivity index (χ4n) is 2.44. The van der Waals surface area contributed by atoms with Gasteiger partial charge in [0.05, 0.1) is 0 Å². The summed E-state index contributed by atoms with van der Waals surface area (Å²) in [6, 6.07) is 5.32. The molecule has 21 heavy (non-hydrogen) atoms. The Hall–Kier alpha value is -2.63. The molecule has 0 aliphatic heterocycles. The number of rotatable bonds is 3. The van der Waals surface area contributed by atoms with E-state index in [4.69, 9.17) is 0 Å². The Kier molecular flexibility index (Phi) is 3.21. The first-order valence-corrected chi connectivity index (χ1v) is 6.85. The van der Waals surface area contributed by atoms with Gasteiger partial charge in [0.25, 0.3) is 0 Å². The molecular formula is C15H17N5O. The Bertz CT molecular complexity index is 796. The normalized spacial score (nSPS) is 11.0. The first kappa shape index (κ1) is 13.4. The van der Waals surface area contributed by atoms with E-state index in [0.717, 1.165) is 22.9 Å². The standard InChI is InChI=1S/C15H17N5O/c1-4-19(13-9-12(21)6-5-10(13)2)14-15-18-17-11(3)20(15)8-7-16-14/h5-9,21H,4H2,1-3H3. The highest BCUT2D eigenvalue weighted by Gasteiger charge is 2.17. The van der Waals surface area contributed by atoms with Crippen LogP contribution in [0.25, 0.3) is 5.65 Å². The summed E-state index contributed by atoms with van der Waals surface area (Å²) in [4.78, 5) is 6.49. The van der Waals surface area contributed by atoms with Gasteiger partial charge in [-0.3, -0.25) is 4.40 Å². The lowest BCUT2D eigenvalue weighted by Gasteiger charge is -2.24. The number of hydrogen-bond donors (Lipinski definition) is 1. The van der Waals surface area contributed by atoms with E-state index >= 15 is 0 Å². The summed E-state index contributed by atoms with van der Waals surface area (Å²) in [7, 11) is 0. The monoisotopic (exact) mass is 283 g/mol. The average Bonchev–Trinajstić information content (AvgIpc) is 2.86. The molecule has 108 valence electrons. The fourth-order valence-corrected chi connectivity index (χ4v) is 2.44. The minimum Gasteiger partial charge on any atom is -0.508 e. The third kappa shape index (κ3) is 2.18. The molecule has 0 saturated heterocycles. The van der Waals surface area contributed by atoms with Crippen molar-refractivity contribution in [2.75, 3.05) is 11.4 Å². The van der Waals surface area contributed by atoms with Gasteiger partial charge >= 0.3 is 0 Å². The van der Waals surface area contributed by atoms with Crippen LogP contribution >= 0.6 is 0 Å². The Labute approximate surface area is 122 Å². The number of phenols is 1. The summed E-state index contributed by atoms with van der Waals surface area (Å²) >= 11 is 0. The molecule has 0 aliphatic carbocycles. The SMILES string of the molecule is CCN(c1cc(O)ccc1C)c1nccn2c(C)nnc12.